The van der Waals surface area contributed by atoms with E-state index in [9.17, 15) is 0 Å². The average molecular weight is 277 g/mol. The molecule has 0 bridgehead atoms. The number of rotatable bonds is 6. The van der Waals surface area contributed by atoms with Crippen LogP contribution in [0.3, 0.4) is 0 Å². The molecule has 5 heteroatoms. The van der Waals surface area contributed by atoms with Crippen LogP contribution >= 0.6 is 11.8 Å². The van der Waals surface area contributed by atoms with Crippen LogP contribution in [-0.4, -0.2) is 32.0 Å². The molecule has 19 heavy (non-hydrogen) atoms. The smallest absolute Gasteiger partial charge is 0.118 e. The van der Waals surface area contributed by atoms with E-state index in [1.807, 2.05) is 22.9 Å². The SMILES string of the molecule is CC(C)Sc1c(CCO)nnn1Cc1ccccc1. The van der Waals surface area contributed by atoms with Crippen LogP contribution in [0.25, 0.3) is 0 Å². The summed E-state index contributed by atoms with van der Waals surface area (Å²) >= 11 is 1.74. The van der Waals surface area contributed by atoms with Crippen molar-refractivity contribution in [2.45, 2.75) is 37.1 Å². The highest BCUT2D eigenvalue weighted by molar-refractivity contribution is 7.99. The molecule has 1 aromatic carbocycles. The van der Waals surface area contributed by atoms with Gasteiger partial charge in [-0.25, -0.2) is 4.68 Å². The Balaban J connectivity index is 2.24. The first-order valence-corrected chi connectivity index (χ1v) is 7.32. The van der Waals surface area contributed by atoms with Gasteiger partial charge in [-0.2, -0.15) is 0 Å². The first-order valence-electron chi connectivity index (χ1n) is 6.44. The largest absolute Gasteiger partial charge is 0.396 e. The Morgan fingerprint density at radius 1 is 1.26 bits per heavy atom. The average Bonchev–Trinajstić information content (AvgIpc) is 2.74. The van der Waals surface area contributed by atoms with E-state index in [4.69, 9.17) is 5.11 Å². The number of nitrogens with zero attached hydrogens (tertiary/aromatic N) is 3. The number of benzene rings is 1. The van der Waals surface area contributed by atoms with Gasteiger partial charge >= 0.3 is 0 Å². The van der Waals surface area contributed by atoms with E-state index >= 15 is 0 Å². The third-order valence-electron chi connectivity index (χ3n) is 2.63. The molecule has 0 atom stereocenters. The highest BCUT2D eigenvalue weighted by atomic mass is 32.2. The zero-order valence-electron chi connectivity index (χ0n) is 11.3. The second-order valence-electron chi connectivity index (χ2n) is 4.62. The minimum atomic E-state index is 0.107. The van der Waals surface area contributed by atoms with E-state index in [2.05, 4.69) is 36.3 Å². The van der Waals surface area contributed by atoms with Gasteiger partial charge in [-0.3, -0.25) is 0 Å². The Hall–Kier alpha value is -1.33. The van der Waals surface area contributed by atoms with E-state index < -0.39 is 0 Å². The van der Waals surface area contributed by atoms with Crippen LogP contribution in [0.4, 0.5) is 0 Å². The summed E-state index contributed by atoms with van der Waals surface area (Å²) in [5, 5.41) is 19.0. The van der Waals surface area contributed by atoms with Crippen LogP contribution in [0.5, 0.6) is 0 Å². The Morgan fingerprint density at radius 3 is 2.63 bits per heavy atom. The summed E-state index contributed by atoms with van der Waals surface area (Å²) in [6, 6.07) is 10.2. The van der Waals surface area contributed by atoms with E-state index in [1.54, 1.807) is 11.8 Å². The van der Waals surface area contributed by atoms with Gasteiger partial charge < -0.3 is 5.11 Å². The van der Waals surface area contributed by atoms with E-state index in [-0.39, 0.29) is 6.61 Å². The lowest BCUT2D eigenvalue weighted by atomic mass is 10.2. The molecule has 0 spiro atoms. The van der Waals surface area contributed by atoms with Crippen molar-refractivity contribution in [3.05, 3.63) is 41.6 Å². The zero-order valence-corrected chi connectivity index (χ0v) is 12.1. The van der Waals surface area contributed by atoms with Crippen LogP contribution in [0.2, 0.25) is 0 Å². The molecule has 2 aromatic rings. The Labute approximate surface area is 117 Å². The molecule has 0 aliphatic heterocycles. The molecule has 0 radical (unpaired) electrons. The maximum atomic E-state index is 9.09. The molecule has 0 saturated heterocycles. The first kappa shape index (κ1) is 14.1. The number of aliphatic hydroxyl groups excluding tert-OH is 1. The van der Waals surface area contributed by atoms with E-state index in [0.29, 0.717) is 18.2 Å². The van der Waals surface area contributed by atoms with Gasteiger partial charge in [0.05, 0.1) is 12.2 Å². The fourth-order valence-corrected chi connectivity index (χ4v) is 2.76. The van der Waals surface area contributed by atoms with Gasteiger partial charge in [0.2, 0.25) is 0 Å². The van der Waals surface area contributed by atoms with Gasteiger partial charge in [-0.05, 0) is 5.56 Å². The highest BCUT2D eigenvalue weighted by Crippen LogP contribution is 2.26. The van der Waals surface area contributed by atoms with Crippen LogP contribution in [-0.2, 0) is 13.0 Å². The molecule has 102 valence electrons. The van der Waals surface area contributed by atoms with E-state index in [1.165, 1.54) is 5.56 Å². The highest BCUT2D eigenvalue weighted by Gasteiger charge is 2.14. The van der Waals surface area contributed by atoms with Gasteiger partial charge in [-0.1, -0.05) is 49.4 Å². The van der Waals surface area contributed by atoms with Crippen molar-refractivity contribution in [3.63, 3.8) is 0 Å². The second-order valence-corrected chi connectivity index (χ2v) is 6.19. The molecule has 4 nitrogen and oxygen atoms in total. The summed E-state index contributed by atoms with van der Waals surface area (Å²) in [6.07, 6.45) is 0.559. The van der Waals surface area contributed by atoms with Crippen LogP contribution in [0.15, 0.2) is 35.4 Å². The minimum absolute atomic E-state index is 0.107. The lowest BCUT2D eigenvalue weighted by molar-refractivity contribution is 0.297. The number of aliphatic hydroxyl groups is 1. The van der Waals surface area contributed by atoms with E-state index in [0.717, 1.165) is 10.7 Å². The standard InChI is InChI=1S/C14H19N3OS/c1-11(2)19-14-13(8-9-18)15-16-17(14)10-12-6-4-3-5-7-12/h3-7,11,18H,8-10H2,1-2H3. The van der Waals surface area contributed by atoms with Crippen LogP contribution in [0, 0.1) is 0 Å². The van der Waals surface area contributed by atoms with Crippen molar-refractivity contribution >= 4 is 11.8 Å². The molecule has 1 aromatic heterocycles. The first-order chi connectivity index (χ1) is 9.20. The Morgan fingerprint density at radius 2 is 2.00 bits per heavy atom. The Kier molecular flexibility index (Phi) is 4.99. The minimum Gasteiger partial charge on any atom is -0.396 e. The second kappa shape index (κ2) is 6.73. The summed E-state index contributed by atoms with van der Waals surface area (Å²) in [7, 11) is 0. The molecule has 1 N–H and O–H groups in total. The predicted molar refractivity (Wildman–Crippen MR) is 77.3 cm³/mol. The van der Waals surface area contributed by atoms with Crippen molar-refractivity contribution in [2.24, 2.45) is 0 Å². The topological polar surface area (TPSA) is 50.9 Å². The summed E-state index contributed by atoms with van der Waals surface area (Å²) in [6.45, 7) is 5.12. The zero-order chi connectivity index (χ0) is 13.7. The molecule has 0 aliphatic carbocycles. The van der Waals surface area contributed by atoms with Gasteiger partial charge in [0.15, 0.2) is 0 Å². The third kappa shape index (κ3) is 3.81. The summed E-state index contributed by atoms with van der Waals surface area (Å²) in [5.41, 5.74) is 2.09. The normalized spacial score (nSPS) is 11.2. The summed E-state index contributed by atoms with van der Waals surface area (Å²) in [4.78, 5) is 0. The predicted octanol–water partition coefficient (Wildman–Crippen LogP) is 2.36. The van der Waals surface area contributed by atoms with Crippen molar-refractivity contribution in [1.29, 1.82) is 0 Å². The molecular formula is C14H19N3OS. The molecule has 0 fully saturated rings. The van der Waals surface area contributed by atoms with Gasteiger partial charge in [0.25, 0.3) is 0 Å². The lowest BCUT2D eigenvalue weighted by Gasteiger charge is -2.09. The van der Waals surface area contributed by atoms with Gasteiger partial charge in [-0.15, -0.1) is 16.9 Å². The number of hydrogen-bond donors (Lipinski definition) is 1. The van der Waals surface area contributed by atoms with Crippen molar-refractivity contribution < 1.29 is 5.11 Å². The maximum absolute atomic E-state index is 9.09. The molecular weight excluding hydrogens is 258 g/mol. The molecule has 0 aliphatic rings. The molecule has 1 heterocycles. The third-order valence-corrected chi connectivity index (χ3v) is 3.77. The quantitative estimate of drug-likeness (QED) is 0.824. The van der Waals surface area contributed by atoms with Gasteiger partial charge in [0.1, 0.15) is 5.03 Å². The molecule has 2 rings (SSSR count). The van der Waals surface area contributed by atoms with Crippen molar-refractivity contribution in [2.75, 3.05) is 6.61 Å². The fraction of sp³-hybridized carbons (Fsp3) is 0.429. The molecule has 0 amide bonds. The maximum Gasteiger partial charge on any atom is 0.118 e. The number of aromatic nitrogens is 3. The summed E-state index contributed by atoms with van der Waals surface area (Å²) in [5.74, 6) is 0. The van der Waals surface area contributed by atoms with Crippen LogP contribution in [0.1, 0.15) is 25.1 Å². The lowest BCUT2D eigenvalue weighted by Crippen LogP contribution is -2.05. The number of hydrogen-bond acceptors (Lipinski definition) is 4. The van der Waals surface area contributed by atoms with Crippen molar-refractivity contribution in [3.8, 4) is 0 Å². The fourth-order valence-electron chi connectivity index (χ4n) is 1.82. The van der Waals surface area contributed by atoms with Crippen LogP contribution < -0.4 is 0 Å². The van der Waals surface area contributed by atoms with Crippen molar-refractivity contribution in [1.82, 2.24) is 15.0 Å². The molecule has 0 unspecified atom stereocenters. The molecule has 0 saturated carbocycles. The van der Waals surface area contributed by atoms with Gasteiger partial charge in [0, 0.05) is 18.3 Å². The summed E-state index contributed by atoms with van der Waals surface area (Å²) < 4.78 is 1.92. The Bertz CT molecular complexity index is 511. The monoisotopic (exact) mass is 277 g/mol. The number of thioether (sulfide) groups is 1.